The van der Waals surface area contributed by atoms with Gasteiger partial charge in [-0.2, -0.15) is 0 Å². The highest BCUT2D eigenvalue weighted by Gasteiger charge is 2.11. The fraction of sp³-hybridized carbons (Fsp3) is 0.350. The summed E-state index contributed by atoms with van der Waals surface area (Å²) in [5.74, 6) is 1.59. The second-order valence-electron chi connectivity index (χ2n) is 6.09. The molecule has 0 saturated carbocycles. The van der Waals surface area contributed by atoms with Crippen LogP contribution in [-0.2, 0) is 17.9 Å². The number of para-hydroxylation sites is 2. The molecule has 3 heteroatoms. The van der Waals surface area contributed by atoms with Crippen molar-refractivity contribution in [3.8, 4) is 0 Å². The average molecular weight is 308 g/mol. The van der Waals surface area contributed by atoms with E-state index in [2.05, 4.69) is 60.9 Å². The molecule has 2 aromatic carbocycles. The molecule has 0 aliphatic carbocycles. The maximum Gasteiger partial charge on any atom is 0.136 e. The molecule has 0 saturated heterocycles. The fourth-order valence-corrected chi connectivity index (χ4v) is 2.91. The van der Waals surface area contributed by atoms with Crippen molar-refractivity contribution < 1.29 is 4.74 Å². The van der Waals surface area contributed by atoms with Crippen LogP contribution in [0.2, 0.25) is 0 Å². The first-order valence-corrected chi connectivity index (χ1v) is 8.24. The van der Waals surface area contributed by atoms with Gasteiger partial charge in [0.1, 0.15) is 12.4 Å². The second kappa shape index (κ2) is 6.97. The Morgan fingerprint density at radius 1 is 1.09 bits per heavy atom. The number of benzene rings is 2. The molecule has 1 unspecified atom stereocenters. The fourth-order valence-electron chi connectivity index (χ4n) is 2.91. The van der Waals surface area contributed by atoms with Gasteiger partial charge in [-0.25, -0.2) is 4.98 Å². The molecule has 1 atom stereocenters. The van der Waals surface area contributed by atoms with Gasteiger partial charge in [0, 0.05) is 13.7 Å². The maximum atomic E-state index is 5.32. The molecule has 23 heavy (non-hydrogen) atoms. The molecule has 3 rings (SSSR count). The molecule has 0 aliphatic heterocycles. The van der Waals surface area contributed by atoms with Crippen molar-refractivity contribution in [2.75, 3.05) is 7.11 Å². The van der Waals surface area contributed by atoms with Gasteiger partial charge in [0.2, 0.25) is 0 Å². The normalized spacial score (nSPS) is 12.7. The van der Waals surface area contributed by atoms with Crippen molar-refractivity contribution in [1.82, 2.24) is 9.55 Å². The first kappa shape index (κ1) is 15.8. The summed E-state index contributed by atoms with van der Waals surface area (Å²) < 4.78 is 7.56. The summed E-state index contributed by atoms with van der Waals surface area (Å²) in [6, 6.07) is 17.2. The molecule has 0 bridgehead atoms. The highest BCUT2D eigenvalue weighted by Crippen LogP contribution is 2.21. The summed E-state index contributed by atoms with van der Waals surface area (Å²) in [4.78, 5) is 4.70. The van der Waals surface area contributed by atoms with Crippen LogP contribution in [0.5, 0.6) is 0 Å². The summed E-state index contributed by atoms with van der Waals surface area (Å²) >= 11 is 0. The number of hydrogen-bond acceptors (Lipinski definition) is 2. The number of imidazole rings is 1. The van der Waals surface area contributed by atoms with E-state index in [1.54, 1.807) is 7.11 Å². The van der Waals surface area contributed by atoms with Crippen molar-refractivity contribution >= 4 is 11.0 Å². The van der Waals surface area contributed by atoms with Gasteiger partial charge in [0.05, 0.1) is 11.0 Å². The Hall–Kier alpha value is -2.13. The van der Waals surface area contributed by atoms with Crippen molar-refractivity contribution in [3.05, 3.63) is 65.5 Å². The van der Waals surface area contributed by atoms with E-state index in [9.17, 15) is 0 Å². The Bertz CT molecular complexity index is 774. The molecule has 0 N–H and O–H groups in total. The van der Waals surface area contributed by atoms with Crippen LogP contribution in [0, 0.1) is 0 Å². The van der Waals surface area contributed by atoms with E-state index in [0.717, 1.165) is 23.4 Å². The molecule has 1 aromatic heterocycles. The number of fused-ring (bicyclic) bond motifs is 1. The van der Waals surface area contributed by atoms with Crippen molar-refractivity contribution in [1.29, 1.82) is 0 Å². The summed E-state index contributed by atoms with van der Waals surface area (Å²) in [5.41, 5.74) is 4.88. The summed E-state index contributed by atoms with van der Waals surface area (Å²) in [6.07, 6.45) is 1.17. The van der Waals surface area contributed by atoms with Crippen LogP contribution >= 0.6 is 0 Å². The van der Waals surface area contributed by atoms with E-state index in [-0.39, 0.29) is 0 Å². The van der Waals surface area contributed by atoms with Crippen LogP contribution in [0.4, 0.5) is 0 Å². The molecular formula is C20H24N2O. The highest BCUT2D eigenvalue weighted by atomic mass is 16.5. The van der Waals surface area contributed by atoms with Crippen molar-refractivity contribution in [2.45, 2.75) is 39.3 Å². The van der Waals surface area contributed by atoms with E-state index >= 15 is 0 Å². The molecule has 3 aromatic rings. The number of ether oxygens (including phenoxy) is 1. The largest absolute Gasteiger partial charge is 0.377 e. The lowest BCUT2D eigenvalue weighted by Crippen LogP contribution is -2.06. The van der Waals surface area contributed by atoms with Gasteiger partial charge in [-0.15, -0.1) is 0 Å². The zero-order valence-corrected chi connectivity index (χ0v) is 14.1. The van der Waals surface area contributed by atoms with Crippen LogP contribution in [0.25, 0.3) is 11.0 Å². The Labute approximate surface area is 137 Å². The number of rotatable bonds is 6. The lowest BCUT2D eigenvalue weighted by Gasteiger charge is -2.12. The van der Waals surface area contributed by atoms with Crippen LogP contribution in [0.15, 0.2) is 48.5 Å². The smallest absolute Gasteiger partial charge is 0.136 e. The topological polar surface area (TPSA) is 27.1 Å². The average Bonchev–Trinajstić information content (AvgIpc) is 2.93. The minimum absolute atomic E-state index is 0.527. The molecule has 0 amide bonds. The van der Waals surface area contributed by atoms with Gasteiger partial charge in [-0.05, 0) is 35.6 Å². The summed E-state index contributed by atoms with van der Waals surface area (Å²) in [5, 5.41) is 0. The van der Waals surface area contributed by atoms with Gasteiger partial charge in [-0.3, -0.25) is 0 Å². The number of aromatic nitrogens is 2. The first-order valence-electron chi connectivity index (χ1n) is 8.24. The Kier molecular flexibility index (Phi) is 4.77. The predicted molar refractivity (Wildman–Crippen MR) is 94.7 cm³/mol. The van der Waals surface area contributed by atoms with Crippen LogP contribution in [0.3, 0.4) is 0 Å². The molecular weight excluding hydrogens is 284 g/mol. The summed E-state index contributed by atoms with van der Waals surface area (Å²) in [7, 11) is 1.71. The van der Waals surface area contributed by atoms with E-state index in [1.165, 1.54) is 17.5 Å². The zero-order valence-electron chi connectivity index (χ0n) is 14.1. The highest BCUT2D eigenvalue weighted by molar-refractivity contribution is 5.76. The Balaban J connectivity index is 1.92. The molecule has 1 heterocycles. The van der Waals surface area contributed by atoms with E-state index in [4.69, 9.17) is 9.72 Å². The first-order chi connectivity index (χ1) is 11.2. The van der Waals surface area contributed by atoms with E-state index in [0.29, 0.717) is 12.5 Å². The third-order valence-corrected chi connectivity index (χ3v) is 4.51. The number of nitrogens with zero attached hydrogens (tertiary/aromatic N) is 2. The Morgan fingerprint density at radius 2 is 1.83 bits per heavy atom. The molecule has 0 radical (unpaired) electrons. The molecule has 0 spiro atoms. The molecule has 3 nitrogen and oxygen atoms in total. The van der Waals surface area contributed by atoms with Crippen LogP contribution in [-0.4, -0.2) is 16.7 Å². The number of hydrogen-bond donors (Lipinski definition) is 0. The Morgan fingerprint density at radius 3 is 2.52 bits per heavy atom. The summed E-state index contributed by atoms with van der Waals surface area (Å²) in [6.45, 7) is 5.85. The van der Waals surface area contributed by atoms with Gasteiger partial charge in [-0.1, -0.05) is 50.2 Å². The van der Waals surface area contributed by atoms with E-state index in [1.807, 2.05) is 6.07 Å². The minimum Gasteiger partial charge on any atom is -0.377 e. The molecule has 0 fully saturated rings. The predicted octanol–water partition coefficient (Wildman–Crippen LogP) is 4.74. The van der Waals surface area contributed by atoms with E-state index < -0.39 is 0 Å². The zero-order chi connectivity index (χ0) is 16.2. The van der Waals surface area contributed by atoms with Gasteiger partial charge in [0.15, 0.2) is 0 Å². The lowest BCUT2D eigenvalue weighted by molar-refractivity contribution is 0.175. The SMILES string of the molecule is CCC(C)c1ccc(Cn2c(COC)nc3ccccc32)cc1. The third kappa shape index (κ3) is 3.30. The minimum atomic E-state index is 0.527. The standard InChI is InChI=1S/C20H24N2O/c1-4-15(2)17-11-9-16(10-12-17)13-22-19-8-6-5-7-18(19)21-20(22)14-23-3/h5-12,15H,4,13-14H2,1-3H3. The van der Waals surface area contributed by atoms with Crippen molar-refractivity contribution in [3.63, 3.8) is 0 Å². The maximum absolute atomic E-state index is 5.32. The molecule has 0 aliphatic rings. The monoisotopic (exact) mass is 308 g/mol. The van der Waals surface area contributed by atoms with Gasteiger partial charge >= 0.3 is 0 Å². The lowest BCUT2D eigenvalue weighted by atomic mass is 9.98. The van der Waals surface area contributed by atoms with Crippen LogP contribution in [0.1, 0.15) is 43.1 Å². The third-order valence-electron chi connectivity index (χ3n) is 4.51. The quantitative estimate of drug-likeness (QED) is 0.657. The van der Waals surface area contributed by atoms with Gasteiger partial charge in [0.25, 0.3) is 0 Å². The number of methoxy groups -OCH3 is 1. The molecule has 120 valence electrons. The second-order valence-corrected chi connectivity index (χ2v) is 6.09. The van der Waals surface area contributed by atoms with Crippen LogP contribution < -0.4 is 0 Å². The van der Waals surface area contributed by atoms with Gasteiger partial charge < -0.3 is 9.30 Å². The van der Waals surface area contributed by atoms with Crippen molar-refractivity contribution in [2.24, 2.45) is 0 Å².